The van der Waals surface area contributed by atoms with Crippen LogP contribution in [-0.4, -0.2) is 27.5 Å². The van der Waals surface area contributed by atoms with Crippen molar-refractivity contribution in [3.05, 3.63) is 47.3 Å². The highest BCUT2D eigenvalue weighted by atomic mass is 19.1. The average Bonchev–Trinajstić information content (AvgIpc) is 2.89. The first-order valence-corrected chi connectivity index (χ1v) is 7.59. The third-order valence-electron chi connectivity index (χ3n) is 4.17. The number of pyridine rings is 1. The second-order valence-electron chi connectivity index (χ2n) is 5.94. The first-order chi connectivity index (χ1) is 10.6. The number of nitrogens with one attached hydrogen (secondary N) is 2. The minimum absolute atomic E-state index is 0.150. The molecule has 0 bridgehead atoms. The molecule has 22 heavy (non-hydrogen) atoms. The Hall–Kier alpha value is -2.24. The molecule has 2 N–H and O–H groups in total. The van der Waals surface area contributed by atoms with E-state index in [1.807, 2.05) is 6.92 Å². The number of aryl methyl sites for hydroxylation is 1. The number of rotatable bonds is 5. The van der Waals surface area contributed by atoms with Gasteiger partial charge in [0, 0.05) is 30.4 Å². The number of H-pyrrole nitrogens is 2. The highest BCUT2D eigenvalue weighted by Crippen LogP contribution is 2.28. The van der Waals surface area contributed by atoms with E-state index in [4.69, 9.17) is 0 Å². The molecule has 0 aliphatic heterocycles. The van der Waals surface area contributed by atoms with Crippen molar-refractivity contribution >= 4 is 5.91 Å². The Morgan fingerprint density at radius 1 is 1.55 bits per heavy atom. The van der Waals surface area contributed by atoms with Crippen LogP contribution >= 0.6 is 0 Å². The smallest absolute Gasteiger partial charge is 0.274 e. The van der Waals surface area contributed by atoms with Gasteiger partial charge in [-0.2, -0.15) is 5.10 Å². The molecule has 1 fully saturated rings. The van der Waals surface area contributed by atoms with E-state index in [2.05, 4.69) is 15.2 Å². The SMILES string of the molecule is Cc1cc(C(=O)N(Cc2cc[nH+]cc2F)CC2CCC2)n[nH]1. The van der Waals surface area contributed by atoms with E-state index in [0.29, 0.717) is 23.7 Å². The lowest BCUT2D eigenvalue weighted by molar-refractivity contribution is -0.381. The lowest BCUT2D eigenvalue weighted by Crippen LogP contribution is -2.37. The van der Waals surface area contributed by atoms with Gasteiger partial charge in [0.1, 0.15) is 5.69 Å². The van der Waals surface area contributed by atoms with Crippen LogP contribution in [0.3, 0.4) is 0 Å². The van der Waals surface area contributed by atoms with Gasteiger partial charge in [0.05, 0.1) is 0 Å². The first kappa shape index (κ1) is 14.7. The summed E-state index contributed by atoms with van der Waals surface area (Å²) in [5, 5.41) is 6.82. The zero-order valence-corrected chi connectivity index (χ0v) is 12.6. The Morgan fingerprint density at radius 2 is 2.36 bits per heavy atom. The molecular formula is C16H20FN4O+. The van der Waals surface area contributed by atoms with Gasteiger partial charge < -0.3 is 4.90 Å². The average molecular weight is 303 g/mol. The molecule has 1 saturated carbocycles. The predicted molar refractivity (Wildman–Crippen MR) is 78.4 cm³/mol. The monoisotopic (exact) mass is 303 g/mol. The molecule has 0 radical (unpaired) electrons. The van der Waals surface area contributed by atoms with Crippen LogP contribution in [0.2, 0.25) is 0 Å². The summed E-state index contributed by atoms with van der Waals surface area (Å²) in [5.41, 5.74) is 1.74. The Labute approximate surface area is 128 Å². The van der Waals surface area contributed by atoms with E-state index in [1.165, 1.54) is 12.6 Å². The molecule has 2 aromatic rings. The summed E-state index contributed by atoms with van der Waals surface area (Å²) >= 11 is 0. The van der Waals surface area contributed by atoms with E-state index in [0.717, 1.165) is 18.5 Å². The van der Waals surface area contributed by atoms with Crippen LogP contribution in [0.4, 0.5) is 4.39 Å². The molecule has 6 heteroatoms. The third-order valence-corrected chi connectivity index (χ3v) is 4.17. The fraction of sp³-hybridized carbons (Fsp3) is 0.438. The summed E-state index contributed by atoms with van der Waals surface area (Å²) in [4.78, 5) is 17.1. The van der Waals surface area contributed by atoms with Gasteiger partial charge in [-0.25, -0.2) is 9.37 Å². The maximum atomic E-state index is 13.9. The van der Waals surface area contributed by atoms with Crippen LogP contribution < -0.4 is 4.98 Å². The van der Waals surface area contributed by atoms with Crippen LogP contribution in [0.15, 0.2) is 24.5 Å². The molecule has 2 aromatic heterocycles. The Kier molecular flexibility index (Phi) is 4.18. The first-order valence-electron chi connectivity index (χ1n) is 7.59. The minimum atomic E-state index is -0.327. The quantitative estimate of drug-likeness (QED) is 0.919. The molecule has 5 nitrogen and oxygen atoms in total. The van der Waals surface area contributed by atoms with Gasteiger partial charge in [-0.05, 0) is 31.7 Å². The van der Waals surface area contributed by atoms with Crippen LogP contribution in [0, 0.1) is 18.7 Å². The Balaban J connectivity index is 1.80. The van der Waals surface area contributed by atoms with Gasteiger partial charge in [-0.15, -0.1) is 0 Å². The van der Waals surface area contributed by atoms with Crippen molar-refractivity contribution in [3.63, 3.8) is 0 Å². The molecule has 0 unspecified atom stereocenters. The second-order valence-corrected chi connectivity index (χ2v) is 5.94. The van der Waals surface area contributed by atoms with Crippen molar-refractivity contribution in [3.8, 4) is 0 Å². The number of hydrogen-bond donors (Lipinski definition) is 1. The normalized spacial score (nSPS) is 14.6. The largest absolute Gasteiger partial charge is 0.333 e. The van der Waals surface area contributed by atoms with Gasteiger partial charge in [0.2, 0.25) is 6.20 Å². The number of carbonyl (C=O) groups excluding carboxylic acids is 1. The highest BCUT2D eigenvalue weighted by molar-refractivity contribution is 5.92. The fourth-order valence-electron chi connectivity index (χ4n) is 2.67. The predicted octanol–water partition coefficient (Wildman–Crippen LogP) is 2.11. The van der Waals surface area contributed by atoms with E-state index >= 15 is 0 Å². The molecule has 0 saturated heterocycles. The fourth-order valence-corrected chi connectivity index (χ4v) is 2.67. The van der Waals surface area contributed by atoms with E-state index < -0.39 is 0 Å². The van der Waals surface area contributed by atoms with E-state index in [-0.39, 0.29) is 18.3 Å². The van der Waals surface area contributed by atoms with Gasteiger partial charge in [-0.1, -0.05) is 6.42 Å². The number of amides is 1. The van der Waals surface area contributed by atoms with E-state index in [1.54, 1.807) is 23.2 Å². The minimum Gasteiger partial charge on any atom is -0.333 e. The molecular weight excluding hydrogens is 283 g/mol. The number of halogens is 1. The third kappa shape index (κ3) is 3.16. The molecule has 3 rings (SSSR count). The summed E-state index contributed by atoms with van der Waals surface area (Å²) in [6, 6.07) is 3.40. The van der Waals surface area contributed by atoms with Crippen LogP contribution in [-0.2, 0) is 6.54 Å². The summed E-state index contributed by atoms with van der Waals surface area (Å²) in [6.45, 7) is 2.78. The Morgan fingerprint density at radius 3 is 2.95 bits per heavy atom. The van der Waals surface area contributed by atoms with Crippen LogP contribution in [0.1, 0.15) is 41.0 Å². The van der Waals surface area contributed by atoms with Crippen molar-refractivity contribution in [2.45, 2.75) is 32.7 Å². The molecule has 0 aromatic carbocycles. The molecule has 1 amide bonds. The summed E-state index contributed by atoms with van der Waals surface area (Å²) in [7, 11) is 0. The molecule has 116 valence electrons. The van der Waals surface area contributed by atoms with Crippen molar-refractivity contribution in [2.24, 2.45) is 5.92 Å². The van der Waals surface area contributed by atoms with Gasteiger partial charge in [-0.3, -0.25) is 9.89 Å². The summed E-state index contributed by atoms with van der Waals surface area (Å²) in [5.74, 6) is 0.0397. The van der Waals surface area contributed by atoms with Crippen LogP contribution in [0.25, 0.3) is 0 Å². The molecule has 1 aliphatic rings. The zero-order valence-electron chi connectivity index (χ0n) is 12.6. The molecule has 2 heterocycles. The summed E-state index contributed by atoms with van der Waals surface area (Å²) < 4.78 is 13.9. The van der Waals surface area contributed by atoms with Gasteiger partial charge in [0.15, 0.2) is 12.0 Å². The van der Waals surface area contributed by atoms with Crippen molar-refractivity contribution in [1.82, 2.24) is 15.1 Å². The number of carbonyl (C=O) groups is 1. The lowest BCUT2D eigenvalue weighted by atomic mass is 9.85. The summed E-state index contributed by atoms with van der Waals surface area (Å²) in [6.07, 6.45) is 6.45. The standard InChI is InChI=1S/C16H19FN4O/c1-11-7-15(20-19-11)16(22)21(9-12-3-2-4-12)10-13-5-6-18-8-14(13)17/h5-8,12H,2-4,9-10H2,1H3,(H,19,20)/p+1. The zero-order chi connectivity index (χ0) is 15.5. The lowest BCUT2D eigenvalue weighted by Gasteiger charge is -2.32. The number of aromatic amines is 2. The molecule has 0 atom stereocenters. The van der Waals surface area contributed by atoms with Gasteiger partial charge >= 0.3 is 0 Å². The number of aromatic nitrogens is 3. The topological polar surface area (TPSA) is 63.1 Å². The second kappa shape index (κ2) is 6.25. The molecule has 1 aliphatic carbocycles. The van der Waals surface area contributed by atoms with Crippen LogP contribution in [0.5, 0.6) is 0 Å². The highest BCUT2D eigenvalue weighted by Gasteiger charge is 2.26. The molecule has 0 spiro atoms. The van der Waals surface area contributed by atoms with Crippen molar-refractivity contribution in [2.75, 3.05) is 6.54 Å². The van der Waals surface area contributed by atoms with Crippen molar-refractivity contribution < 1.29 is 14.2 Å². The van der Waals surface area contributed by atoms with Gasteiger partial charge in [0.25, 0.3) is 5.91 Å². The maximum Gasteiger partial charge on any atom is 0.274 e. The van der Waals surface area contributed by atoms with E-state index in [9.17, 15) is 9.18 Å². The van der Waals surface area contributed by atoms with Crippen molar-refractivity contribution in [1.29, 1.82) is 0 Å². The number of nitrogens with zero attached hydrogens (tertiary/aromatic N) is 2. The Bertz CT molecular complexity index is 666. The number of hydrogen-bond acceptors (Lipinski definition) is 2. The maximum absolute atomic E-state index is 13.9.